The standard InChI is InChI=1S/C17H21FN4O2/c1-10-20-16(22-24-10)15(13-7-2-3-8-14(13)18)21-17(23)11-5-4-6-12(19)9-11/h2-3,7-8,11-12,15H,4-6,9,19H2,1H3,(H,21,23)/t11-,12-,15-/m1/s1. The Kier molecular flexibility index (Phi) is 4.89. The minimum absolute atomic E-state index is 0.0360. The van der Waals surface area contributed by atoms with Gasteiger partial charge in [0, 0.05) is 24.4 Å². The first kappa shape index (κ1) is 16.6. The molecule has 1 saturated carbocycles. The van der Waals surface area contributed by atoms with E-state index < -0.39 is 11.9 Å². The van der Waals surface area contributed by atoms with E-state index in [1.807, 2.05) is 0 Å². The van der Waals surface area contributed by atoms with Crippen molar-refractivity contribution in [1.82, 2.24) is 15.5 Å². The number of rotatable bonds is 4. The van der Waals surface area contributed by atoms with Gasteiger partial charge in [-0.25, -0.2) is 4.39 Å². The third kappa shape index (κ3) is 3.62. The first-order valence-corrected chi connectivity index (χ1v) is 8.15. The van der Waals surface area contributed by atoms with Gasteiger partial charge in [0.2, 0.25) is 11.8 Å². The van der Waals surface area contributed by atoms with Gasteiger partial charge in [-0.1, -0.05) is 29.8 Å². The van der Waals surface area contributed by atoms with Crippen molar-refractivity contribution >= 4 is 5.91 Å². The number of nitrogens with two attached hydrogens (primary N) is 1. The molecule has 3 N–H and O–H groups in total. The molecule has 1 aliphatic rings. The monoisotopic (exact) mass is 332 g/mol. The molecule has 0 aliphatic heterocycles. The molecule has 3 rings (SSSR count). The lowest BCUT2D eigenvalue weighted by Crippen LogP contribution is -2.40. The van der Waals surface area contributed by atoms with Crippen LogP contribution in [0.4, 0.5) is 4.39 Å². The molecule has 3 atom stereocenters. The van der Waals surface area contributed by atoms with E-state index >= 15 is 0 Å². The van der Waals surface area contributed by atoms with Crippen molar-refractivity contribution in [2.24, 2.45) is 11.7 Å². The molecule has 0 radical (unpaired) electrons. The van der Waals surface area contributed by atoms with Gasteiger partial charge in [0.05, 0.1) is 0 Å². The molecule has 1 heterocycles. The minimum Gasteiger partial charge on any atom is -0.342 e. The molecular weight excluding hydrogens is 311 g/mol. The Morgan fingerprint density at radius 2 is 2.21 bits per heavy atom. The van der Waals surface area contributed by atoms with E-state index in [2.05, 4.69) is 15.5 Å². The van der Waals surface area contributed by atoms with E-state index in [0.717, 1.165) is 19.3 Å². The molecule has 128 valence electrons. The fraction of sp³-hybridized carbons (Fsp3) is 0.471. The van der Waals surface area contributed by atoms with Crippen molar-refractivity contribution in [1.29, 1.82) is 0 Å². The number of aryl methyl sites for hydroxylation is 1. The van der Waals surface area contributed by atoms with E-state index in [4.69, 9.17) is 10.3 Å². The molecule has 6 nitrogen and oxygen atoms in total. The molecule has 24 heavy (non-hydrogen) atoms. The maximum atomic E-state index is 14.2. The van der Waals surface area contributed by atoms with Crippen molar-refractivity contribution in [3.8, 4) is 0 Å². The average Bonchev–Trinajstić information content (AvgIpc) is 2.99. The van der Waals surface area contributed by atoms with Gasteiger partial charge in [-0.15, -0.1) is 0 Å². The number of carbonyl (C=O) groups excluding carboxylic acids is 1. The van der Waals surface area contributed by atoms with Gasteiger partial charge in [0.1, 0.15) is 11.9 Å². The molecule has 2 aromatic rings. The van der Waals surface area contributed by atoms with E-state index in [-0.39, 0.29) is 23.7 Å². The summed E-state index contributed by atoms with van der Waals surface area (Å²) in [6, 6.07) is 5.51. The number of carbonyl (C=O) groups is 1. The van der Waals surface area contributed by atoms with E-state index in [1.165, 1.54) is 6.07 Å². The molecule has 1 fully saturated rings. The maximum Gasteiger partial charge on any atom is 0.224 e. The summed E-state index contributed by atoms with van der Waals surface area (Å²) in [6.45, 7) is 1.65. The molecule has 0 saturated heterocycles. The number of aromatic nitrogens is 2. The van der Waals surface area contributed by atoms with Crippen LogP contribution < -0.4 is 11.1 Å². The second kappa shape index (κ2) is 7.09. The zero-order valence-electron chi connectivity index (χ0n) is 13.5. The van der Waals surface area contributed by atoms with Gasteiger partial charge in [-0.05, 0) is 25.3 Å². The number of hydrogen-bond acceptors (Lipinski definition) is 5. The molecule has 0 unspecified atom stereocenters. The molecule has 0 bridgehead atoms. The van der Waals surface area contributed by atoms with Crippen LogP contribution in [-0.4, -0.2) is 22.1 Å². The zero-order valence-corrected chi connectivity index (χ0v) is 13.5. The Bertz CT molecular complexity index is 718. The minimum atomic E-state index is -0.783. The second-order valence-electron chi connectivity index (χ2n) is 6.26. The zero-order chi connectivity index (χ0) is 17.1. The Morgan fingerprint density at radius 1 is 1.42 bits per heavy atom. The highest BCUT2D eigenvalue weighted by Crippen LogP contribution is 2.27. The topological polar surface area (TPSA) is 94.0 Å². The third-order valence-corrected chi connectivity index (χ3v) is 4.39. The summed E-state index contributed by atoms with van der Waals surface area (Å²) in [4.78, 5) is 16.8. The Morgan fingerprint density at radius 3 is 2.88 bits per heavy atom. The molecule has 0 spiro atoms. The SMILES string of the molecule is Cc1nc([C@H](NC(=O)[C@@H]2CCC[C@@H](N)C2)c2ccccc2F)no1. The summed E-state index contributed by atoms with van der Waals surface area (Å²) in [5, 5.41) is 6.73. The van der Waals surface area contributed by atoms with Crippen molar-refractivity contribution in [2.75, 3.05) is 0 Å². The average molecular weight is 332 g/mol. The third-order valence-electron chi connectivity index (χ3n) is 4.39. The molecule has 1 aliphatic carbocycles. The summed E-state index contributed by atoms with van der Waals surface area (Å²) < 4.78 is 19.2. The number of halogens is 1. The Labute approximate surface area is 139 Å². The van der Waals surface area contributed by atoms with Crippen LogP contribution in [0, 0.1) is 18.7 Å². The van der Waals surface area contributed by atoms with Crippen molar-refractivity contribution in [2.45, 2.75) is 44.7 Å². The van der Waals surface area contributed by atoms with Crippen LogP contribution >= 0.6 is 0 Å². The van der Waals surface area contributed by atoms with Crippen LogP contribution in [0.1, 0.15) is 49.0 Å². The summed E-state index contributed by atoms with van der Waals surface area (Å²) in [6.07, 6.45) is 3.28. The Balaban J connectivity index is 1.85. The number of hydrogen-bond donors (Lipinski definition) is 2. The van der Waals surface area contributed by atoms with Gasteiger partial charge in [0.15, 0.2) is 5.82 Å². The predicted molar refractivity (Wildman–Crippen MR) is 85.4 cm³/mol. The Hall–Kier alpha value is -2.28. The lowest BCUT2D eigenvalue weighted by atomic mass is 9.85. The van der Waals surface area contributed by atoms with E-state index in [1.54, 1.807) is 25.1 Å². The van der Waals surface area contributed by atoms with Gasteiger partial charge in [-0.3, -0.25) is 4.79 Å². The maximum absolute atomic E-state index is 14.2. The summed E-state index contributed by atoms with van der Waals surface area (Å²) in [7, 11) is 0. The largest absolute Gasteiger partial charge is 0.342 e. The lowest BCUT2D eigenvalue weighted by Gasteiger charge is -2.27. The number of benzene rings is 1. The summed E-state index contributed by atoms with van der Waals surface area (Å²) in [5.74, 6) is -0.145. The van der Waals surface area contributed by atoms with E-state index in [9.17, 15) is 9.18 Å². The molecule has 1 amide bonds. The summed E-state index contributed by atoms with van der Waals surface area (Å²) in [5.41, 5.74) is 6.28. The van der Waals surface area contributed by atoms with Crippen LogP contribution in [0.25, 0.3) is 0 Å². The van der Waals surface area contributed by atoms with Crippen LogP contribution in [0.15, 0.2) is 28.8 Å². The normalized spacial score (nSPS) is 22.1. The van der Waals surface area contributed by atoms with Gasteiger partial charge >= 0.3 is 0 Å². The predicted octanol–water partition coefficient (Wildman–Crippen LogP) is 2.24. The first-order chi connectivity index (χ1) is 11.5. The van der Waals surface area contributed by atoms with Crippen LogP contribution in [-0.2, 0) is 4.79 Å². The molecule has 1 aromatic heterocycles. The fourth-order valence-corrected chi connectivity index (χ4v) is 3.15. The van der Waals surface area contributed by atoms with Gasteiger partial charge in [0.25, 0.3) is 0 Å². The lowest BCUT2D eigenvalue weighted by molar-refractivity contribution is -0.126. The van der Waals surface area contributed by atoms with Gasteiger partial charge in [-0.2, -0.15) is 4.98 Å². The van der Waals surface area contributed by atoms with Crippen molar-refractivity contribution in [3.05, 3.63) is 47.4 Å². The van der Waals surface area contributed by atoms with E-state index in [0.29, 0.717) is 17.9 Å². The highest BCUT2D eigenvalue weighted by molar-refractivity contribution is 5.79. The molecule has 7 heteroatoms. The molecule has 1 aromatic carbocycles. The smallest absolute Gasteiger partial charge is 0.224 e. The summed E-state index contributed by atoms with van der Waals surface area (Å²) >= 11 is 0. The van der Waals surface area contributed by atoms with Crippen LogP contribution in [0.5, 0.6) is 0 Å². The number of nitrogens with zero attached hydrogens (tertiary/aromatic N) is 2. The van der Waals surface area contributed by atoms with Crippen molar-refractivity contribution in [3.63, 3.8) is 0 Å². The highest BCUT2D eigenvalue weighted by Gasteiger charge is 2.30. The number of amides is 1. The quantitative estimate of drug-likeness (QED) is 0.895. The fourth-order valence-electron chi connectivity index (χ4n) is 3.15. The van der Waals surface area contributed by atoms with Crippen molar-refractivity contribution < 1.29 is 13.7 Å². The van der Waals surface area contributed by atoms with Crippen LogP contribution in [0.3, 0.4) is 0 Å². The number of nitrogens with one attached hydrogen (secondary N) is 1. The van der Waals surface area contributed by atoms with Crippen LogP contribution in [0.2, 0.25) is 0 Å². The molecular formula is C17H21FN4O2. The first-order valence-electron chi connectivity index (χ1n) is 8.15. The van der Waals surface area contributed by atoms with Gasteiger partial charge < -0.3 is 15.6 Å². The highest BCUT2D eigenvalue weighted by atomic mass is 19.1. The second-order valence-corrected chi connectivity index (χ2v) is 6.26.